The van der Waals surface area contributed by atoms with Gasteiger partial charge in [0.15, 0.2) is 0 Å². The number of halogens is 1. The summed E-state index contributed by atoms with van der Waals surface area (Å²) >= 11 is 0. The SMILES string of the molecule is O=C(O)NC1CCN(CCn2c(=O)cnc3cc(F)ccc32)CC1. The minimum atomic E-state index is -0.990. The van der Waals surface area contributed by atoms with Crippen molar-refractivity contribution >= 4 is 17.1 Å². The van der Waals surface area contributed by atoms with Crippen molar-refractivity contribution in [1.29, 1.82) is 0 Å². The smallest absolute Gasteiger partial charge is 0.404 e. The summed E-state index contributed by atoms with van der Waals surface area (Å²) in [5.41, 5.74) is 0.863. The van der Waals surface area contributed by atoms with Gasteiger partial charge in [-0.05, 0) is 25.0 Å². The van der Waals surface area contributed by atoms with Crippen LogP contribution in [0.15, 0.2) is 29.2 Å². The van der Waals surface area contributed by atoms with Gasteiger partial charge in [0.1, 0.15) is 5.82 Å². The minimum Gasteiger partial charge on any atom is -0.465 e. The van der Waals surface area contributed by atoms with Gasteiger partial charge in [0, 0.05) is 38.3 Å². The van der Waals surface area contributed by atoms with Gasteiger partial charge in [-0.25, -0.2) is 14.2 Å². The van der Waals surface area contributed by atoms with Crippen LogP contribution < -0.4 is 10.9 Å². The van der Waals surface area contributed by atoms with Gasteiger partial charge < -0.3 is 19.9 Å². The number of nitrogens with zero attached hydrogens (tertiary/aromatic N) is 3. The van der Waals surface area contributed by atoms with Crippen LogP contribution >= 0.6 is 0 Å². The second-order valence-corrected chi connectivity index (χ2v) is 5.95. The molecule has 0 radical (unpaired) electrons. The van der Waals surface area contributed by atoms with Gasteiger partial charge in [0.05, 0.1) is 17.2 Å². The molecule has 0 atom stereocenters. The van der Waals surface area contributed by atoms with Crippen molar-refractivity contribution in [2.24, 2.45) is 0 Å². The Balaban J connectivity index is 1.65. The molecule has 1 amide bonds. The second kappa shape index (κ2) is 6.96. The average molecular weight is 334 g/mol. The molecule has 24 heavy (non-hydrogen) atoms. The molecule has 1 saturated heterocycles. The Morgan fingerprint density at radius 3 is 2.79 bits per heavy atom. The zero-order valence-corrected chi connectivity index (χ0v) is 13.1. The molecule has 0 unspecified atom stereocenters. The van der Waals surface area contributed by atoms with Crippen molar-refractivity contribution in [3.63, 3.8) is 0 Å². The fourth-order valence-corrected chi connectivity index (χ4v) is 3.09. The fraction of sp³-hybridized carbons (Fsp3) is 0.438. The number of aromatic nitrogens is 2. The van der Waals surface area contributed by atoms with Gasteiger partial charge in [-0.1, -0.05) is 0 Å². The lowest BCUT2D eigenvalue weighted by Crippen LogP contribution is -2.45. The number of benzene rings is 1. The lowest BCUT2D eigenvalue weighted by molar-refractivity contribution is 0.166. The molecular weight excluding hydrogens is 315 g/mol. The Kier molecular flexibility index (Phi) is 4.75. The first-order valence-corrected chi connectivity index (χ1v) is 7.90. The van der Waals surface area contributed by atoms with E-state index >= 15 is 0 Å². The molecule has 0 spiro atoms. The highest BCUT2D eigenvalue weighted by molar-refractivity contribution is 5.74. The summed E-state index contributed by atoms with van der Waals surface area (Å²) in [4.78, 5) is 28.9. The maximum Gasteiger partial charge on any atom is 0.404 e. The molecule has 2 N–H and O–H groups in total. The first kappa shape index (κ1) is 16.4. The van der Waals surface area contributed by atoms with E-state index < -0.39 is 6.09 Å². The van der Waals surface area contributed by atoms with Crippen LogP contribution in [0.25, 0.3) is 11.0 Å². The number of hydrogen-bond donors (Lipinski definition) is 2. The molecule has 1 aliphatic rings. The number of nitrogens with one attached hydrogen (secondary N) is 1. The van der Waals surface area contributed by atoms with E-state index in [4.69, 9.17) is 5.11 Å². The molecule has 7 nitrogen and oxygen atoms in total. The molecule has 2 aromatic rings. The lowest BCUT2D eigenvalue weighted by Gasteiger charge is -2.31. The monoisotopic (exact) mass is 334 g/mol. The van der Waals surface area contributed by atoms with Crippen molar-refractivity contribution in [1.82, 2.24) is 19.8 Å². The second-order valence-electron chi connectivity index (χ2n) is 5.95. The van der Waals surface area contributed by atoms with Crippen molar-refractivity contribution in [3.8, 4) is 0 Å². The molecule has 2 heterocycles. The van der Waals surface area contributed by atoms with Gasteiger partial charge >= 0.3 is 6.09 Å². The van der Waals surface area contributed by atoms with Crippen molar-refractivity contribution < 1.29 is 14.3 Å². The van der Waals surface area contributed by atoms with Crippen LogP contribution in [0, 0.1) is 5.82 Å². The molecule has 128 valence electrons. The highest BCUT2D eigenvalue weighted by Gasteiger charge is 2.20. The van der Waals surface area contributed by atoms with Crippen LogP contribution in [0.5, 0.6) is 0 Å². The van der Waals surface area contributed by atoms with Gasteiger partial charge in [0.25, 0.3) is 5.56 Å². The molecule has 0 aliphatic carbocycles. The number of carbonyl (C=O) groups is 1. The molecule has 1 fully saturated rings. The normalized spacial score (nSPS) is 16.4. The minimum absolute atomic E-state index is 0.00815. The van der Waals surface area contributed by atoms with E-state index in [0.29, 0.717) is 24.1 Å². The van der Waals surface area contributed by atoms with E-state index in [-0.39, 0.29) is 17.4 Å². The fourth-order valence-electron chi connectivity index (χ4n) is 3.09. The van der Waals surface area contributed by atoms with Crippen LogP contribution in [0.3, 0.4) is 0 Å². The first-order valence-electron chi connectivity index (χ1n) is 7.90. The zero-order chi connectivity index (χ0) is 17.1. The average Bonchev–Trinajstić information content (AvgIpc) is 2.55. The number of amides is 1. The summed E-state index contributed by atoms with van der Waals surface area (Å²) in [5, 5.41) is 11.2. The van der Waals surface area contributed by atoms with Crippen LogP contribution in [-0.4, -0.2) is 51.3 Å². The predicted molar refractivity (Wildman–Crippen MR) is 86.6 cm³/mol. The standard InChI is InChI=1S/C16H19FN4O3/c17-11-1-2-14-13(9-11)18-10-15(22)21(14)8-7-20-5-3-12(4-6-20)19-16(23)24/h1-2,9-10,12,19H,3-8H2,(H,23,24). The predicted octanol–water partition coefficient (Wildman–Crippen LogP) is 1.27. The van der Waals surface area contributed by atoms with Crippen molar-refractivity contribution in [2.75, 3.05) is 19.6 Å². The number of likely N-dealkylation sites (tertiary alicyclic amines) is 1. The largest absolute Gasteiger partial charge is 0.465 e. The lowest BCUT2D eigenvalue weighted by atomic mass is 10.1. The van der Waals surface area contributed by atoms with Gasteiger partial charge in [-0.3, -0.25) is 4.79 Å². The maximum absolute atomic E-state index is 13.3. The Bertz CT molecular complexity index is 799. The Morgan fingerprint density at radius 1 is 1.33 bits per heavy atom. The third kappa shape index (κ3) is 3.70. The maximum atomic E-state index is 13.3. The number of piperidine rings is 1. The van der Waals surface area contributed by atoms with Gasteiger partial charge in [0.2, 0.25) is 0 Å². The summed E-state index contributed by atoms with van der Waals surface area (Å²) in [6, 6.07) is 4.20. The van der Waals surface area contributed by atoms with Crippen LogP contribution in [0.2, 0.25) is 0 Å². The number of fused-ring (bicyclic) bond motifs is 1. The van der Waals surface area contributed by atoms with Crippen LogP contribution in [0.4, 0.5) is 9.18 Å². The zero-order valence-electron chi connectivity index (χ0n) is 13.1. The Hall–Kier alpha value is -2.48. The van der Waals surface area contributed by atoms with Crippen molar-refractivity contribution in [3.05, 3.63) is 40.6 Å². The highest BCUT2D eigenvalue weighted by Crippen LogP contribution is 2.13. The molecule has 0 saturated carbocycles. The first-order chi connectivity index (χ1) is 11.5. The molecule has 1 aliphatic heterocycles. The van der Waals surface area contributed by atoms with E-state index in [1.54, 1.807) is 10.6 Å². The molecule has 8 heteroatoms. The van der Waals surface area contributed by atoms with Crippen LogP contribution in [-0.2, 0) is 6.54 Å². The van der Waals surface area contributed by atoms with E-state index in [2.05, 4.69) is 15.2 Å². The third-order valence-electron chi connectivity index (χ3n) is 4.36. The molecule has 0 bridgehead atoms. The topological polar surface area (TPSA) is 87.5 Å². The van der Waals surface area contributed by atoms with Crippen molar-refractivity contribution in [2.45, 2.75) is 25.4 Å². The highest BCUT2D eigenvalue weighted by atomic mass is 19.1. The molecular formula is C16H19FN4O3. The third-order valence-corrected chi connectivity index (χ3v) is 4.36. The summed E-state index contributed by atoms with van der Waals surface area (Å²) in [7, 11) is 0. The molecule has 1 aromatic carbocycles. The number of rotatable bonds is 4. The molecule has 3 rings (SSSR count). The van der Waals surface area contributed by atoms with E-state index in [9.17, 15) is 14.0 Å². The summed E-state index contributed by atoms with van der Waals surface area (Å²) in [6.45, 7) is 2.71. The Morgan fingerprint density at radius 2 is 2.08 bits per heavy atom. The number of hydrogen-bond acceptors (Lipinski definition) is 4. The Labute approximate surface area is 137 Å². The van der Waals surface area contributed by atoms with E-state index in [0.717, 1.165) is 25.9 Å². The summed E-state index contributed by atoms with van der Waals surface area (Å²) in [5.74, 6) is -0.381. The number of carboxylic acid groups (broad SMARTS) is 1. The quantitative estimate of drug-likeness (QED) is 0.879. The van der Waals surface area contributed by atoms with Gasteiger partial charge in [-0.2, -0.15) is 0 Å². The van der Waals surface area contributed by atoms with E-state index in [1.807, 2.05) is 0 Å². The van der Waals surface area contributed by atoms with E-state index in [1.165, 1.54) is 18.3 Å². The van der Waals surface area contributed by atoms with Gasteiger partial charge in [-0.15, -0.1) is 0 Å². The summed E-state index contributed by atoms with van der Waals surface area (Å²) in [6.07, 6.45) is 1.73. The molecule has 1 aromatic heterocycles. The van der Waals surface area contributed by atoms with Crippen LogP contribution in [0.1, 0.15) is 12.8 Å². The summed E-state index contributed by atoms with van der Waals surface area (Å²) < 4.78 is 14.9.